The molecule has 1 heterocycles. The lowest BCUT2D eigenvalue weighted by atomic mass is 10.0. The summed E-state index contributed by atoms with van der Waals surface area (Å²) >= 11 is 0. The summed E-state index contributed by atoms with van der Waals surface area (Å²) in [5, 5.41) is 2.97. The third-order valence-electron chi connectivity index (χ3n) is 4.45. The van der Waals surface area contributed by atoms with E-state index in [0.29, 0.717) is 5.57 Å². The van der Waals surface area contributed by atoms with Crippen LogP contribution in [0.15, 0.2) is 54.1 Å². The molecule has 1 aliphatic heterocycles. The molecule has 1 unspecified atom stereocenters. The van der Waals surface area contributed by atoms with Crippen LogP contribution in [-0.4, -0.2) is 24.6 Å². The Bertz CT molecular complexity index is 884. The fourth-order valence-corrected chi connectivity index (χ4v) is 3.03. The Labute approximate surface area is 165 Å². The Balaban J connectivity index is 1.78. The summed E-state index contributed by atoms with van der Waals surface area (Å²) in [6.07, 6.45) is 1.69. The number of amides is 1. The molecule has 0 saturated heterocycles. The van der Waals surface area contributed by atoms with Crippen molar-refractivity contribution in [3.8, 4) is 5.75 Å². The first-order valence-electron chi connectivity index (χ1n) is 9.41. The molecule has 0 saturated carbocycles. The molecule has 1 amide bonds. The van der Waals surface area contributed by atoms with Crippen LogP contribution in [0.25, 0.3) is 6.08 Å². The Morgan fingerprint density at radius 2 is 1.82 bits per heavy atom. The van der Waals surface area contributed by atoms with Crippen molar-refractivity contribution in [2.45, 2.75) is 39.3 Å². The summed E-state index contributed by atoms with van der Waals surface area (Å²) in [5.41, 5.74) is 3.36. The number of benzene rings is 2. The highest BCUT2D eigenvalue weighted by Crippen LogP contribution is 2.26. The minimum atomic E-state index is -0.475. The molecule has 28 heavy (non-hydrogen) atoms. The number of para-hydroxylation sites is 1. The number of carbonyl (C=O) groups is 2. The molecule has 2 aromatic rings. The maximum Gasteiger partial charge on any atom is 0.308 e. The number of hydrogen-bond acceptors (Lipinski definition) is 4. The molecule has 0 bridgehead atoms. The molecule has 146 valence electrons. The van der Waals surface area contributed by atoms with Crippen molar-refractivity contribution < 1.29 is 19.1 Å². The fourth-order valence-electron chi connectivity index (χ4n) is 3.03. The van der Waals surface area contributed by atoms with Crippen molar-refractivity contribution >= 4 is 18.0 Å². The maximum atomic E-state index is 12.9. The molecule has 2 aromatic carbocycles. The molecule has 1 atom stereocenters. The van der Waals surface area contributed by atoms with E-state index in [2.05, 4.69) is 5.32 Å². The number of fused-ring (bicyclic) bond motifs is 1. The zero-order valence-electron chi connectivity index (χ0n) is 16.4. The largest absolute Gasteiger partial charge is 0.488 e. The first-order valence-corrected chi connectivity index (χ1v) is 9.41. The molecule has 0 spiro atoms. The van der Waals surface area contributed by atoms with Crippen LogP contribution in [0.2, 0.25) is 0 Å². The average molecular weight is 379 g/mol. The number of ether oxygens (including phenoxy) is 2. The van der Waals surface area contributed by atoms with E-state index in [0.717, 1.165) is 22.4 Å². The van der Waals surface area contributed by atoms with E-state index < -0.39 is 6.04 Å². The van der Waals surface area contributed by atoms with Gasteiger partial charge in [-0.25, -0.2) is 0 Å². The standard InChI is InChI=1S/C23H25NO4/c1-15(2)28-22(25)13-20(17-10-8-16(3)9-11-17)24-23(26)19-12-18-6-4-5-7-21(18)27-14-19/h4-12,15,20H,13-14H2,1-3H3,(H,24,26). The predicted molar refractivity (Wildman–Crippen MR) is 108 cm³/mol. The zero-order chi connectivity index (χ0) is 20.1. The lowest BCUT2D eigenvalue weighted by Gasteiger charge is -2.22. The van der Waals surface area contributed by atoms with Gasteiger partial charge < -0.3 is 14.8 Å². The Morgan fingerprint density at radius 1 is 1.11 bits per heavy atom. The van der Waals surface area contributed by atoms with Crippen molar-refractivity contribution in [2.75, 3.05) is 6.61 Å². The lowest BCUT2D eigenvalue weighted by molar-refractivity contribution is -0.148. The van der Waals surface area contributed by atoms with Crippen molar-refractivity contribution in [3.63, 3.8) is 0 Å². The van der Waals surface area contributed by atoms with E-state index in [-0.39, 0.29) is 31.0 Å². The van der Waals surface area contributed by atoms with Crippen molar-refractivity contribution in [1.82, 2.24) is 5.32 Å². The molecule has 5 nitrogen and oxygen atoms in total. The minimum absolute atomic E-state index is 0.0672. The predicted octanol–water partition coefficient (Wildman–Crippen LogP) is 3.97. The Hall–Kier alpha value is -3.08. The van der Waals surface area contributed by atoms with E-state index in [9.17, 15) is 9.59 Å². The maximum absolute atomic E-state index is 12.9. The van der Waals surface area contributed by atoms with Crippen molar-refractivity contribution in [1.29, 1.82) is 0 Å². The van der Waals surface area contributed by atoms with Gasteiger partial charge in [0.1, 0.15) is 12.4 Å². The fraction of sp³-hybridized carbons (Fsp3) is 0.304. The van der Waals surface area contributed by atoms with Gasteiger partial charge in [0.2, 0.25) is 0 Å². The summed E-state index contributed by atoms with van der Waals surface area (Å²) in [5.74, 6) is 0.159. The smallest absolute Gasteiger partial charge is 0.308 e. The van der Waals surface area contributed by atoms with Gasteiger partial charge in [-0.15, -0.1) is 0 Å². The average Bonchev–Trinajstić information content (AvgIpc) is 2.67. The topological polar surface area (TPSA) is 64.6 Å². The Morgan fingerprint density at radius 3 is 2.54 bits per heavy atom. The van der Waals surface area contributed by atoms with Crippen LogP contribution in [0.5, 0.6) is 5.75 Å². The number of rotatable bonds is 6. The molecule has 3 rings (SSSR count). The van der Waals surface area contributed by atoms with Gasteiger partial charge in [0.25, 0.3) is 5.91 Å². The molecule has 0 aromatic heterocycles. The van der Waals surface area contributed by atoms with Gasteiger partial charge in [0.15, 0.2) is 0 Å². The van der Waals surface area contributed by atoms with Gasteiger partial charge in [-0.2, -0.15) is 0 Å². The second-order valence-electron chi connectivity index (χ2n) is 7.18. The monoisotopic (exact) mass is 379 g/mol. The number of carbonyl (C=O) groups excluding carboxylic acids is 2. The SMILES string of the molecule is Cc1ccc(C(CC(=O)OC(C)C)NC(=O)C2=Cc3ccccc3OC2)cc1. The normalized spacial score (nSPS) is 13.8. The van der Waals surface area contributed by atoms with Gasteiger partial charge in [0.05, 0.1) is 24.1 Å². The van der Waals surface area contributed by atoms with Crippen molar-refractivity contribution in [3.05, 3.63) is 70.8 Å². The van der Waals surface area contributed by atoms with Gasteiger partial charge in [0, 0.05) is 5.56 Å². The molecule has 1 aliphatic rings. The third-order valence-corrected chi connectivity index (χ3v) is 4.45. The summed E-state index contributed by atoms with van der Waals surface area (Å²) in [6, 6.07) is 14.9. The molecule has 5 heteroatoms. The highest BCUT2D eigenvalue weighted by Gasteiger charge is 2.23. The second-order valence-corrected chi connectivity index (χ2v) is 7.18. The summed E-state index contributed by atoms with van der Waals surface area (Å²) in [7, 11) is 0. The van der Waals surface area contributed by atoms with Crippen molar-refractivity contribution in [2.24, 2.45) is 0 Å². The van der Waals surface area contributed by atoms with Crippen LogP contribution < -0.4 is 10.1 Å². The van der Waals surface area contributed by atoms with Crippen LogP contribution in [0.3, 0.4) is 0 Å². The molecule has 0 aliphatic carbocycles. The number of aryl methyl sites for hydroxylation is 1. The van der Waals surface area contributed by atoms with Crippen LogP contribution in [0, 0.1) is 6.92 Å². The van der Waals surface area contributed by atoms with Gasteiger partial charge in [-0.3, -0.25) is 9.59 Å². The minimum Gasteiger partial charge on any atom is -0.488 e. The third kappa shape index (κ3) is 5.00. The van der Waals surface area contributed by atoms with Crippen LogP contribution in [0.4, 0.5) is 0 Å². The molecule has 0 radical (unpaired) electrons. The Kier molecular flexibility index (Phi) is 6.14. The molecular formula is C23H25NO4. The van der Waals surface area contributed by atoms with E-state index in [1.54, 1.807) is 13.8 Å². The van der Waals surface area contributed by atoms with Crippen LogP contribution in [0.1, 0.15) is 43.0 Å². The van der Waals surface area contributed by atoms with Gasteiger partial charge >= 0.3 is 5.97 Å². The highest BCUT2D eigenvalue weighted by atomic mass is 16.5. The summed E-state index contributed by atoms with van der Waals surface area (Å²) in [6.45, 7) is 5.80. The van der Waals surface area contributed by atoms with Gasteiger partial charge in [-0.05, 0) is 38.5 Å². The first kappa shape index (κ1) is 19.7. The van der Waals surface area contributed by atoms with E-state index >= 15 is 0 Å². The number of nitrogens with one attached hydrogen (secondary N) is 1. The van der Waals surface area contributed by atoms with E-state index in [4.69, 9.17) is 9.47 Å². The summed E-state index contributed by atoms with van der Waals surface area (Å²) < 4.78 is 10.9. The molecule has 1 N–H and O–H groups in total. The molecular weight excluding hydrogens is 354 g/mol. The van der Waals surface area contributed by atoms with Crippen LogP contribution in [-0.2, 0) is 14.3 Å². The number of esters is 1. The van der Waals surface area contributed by atoms with Gasteiger partial charge in [-0.1, -0.05) is 48.0 Å². The zero-order valence-corrected chi connectivity index (χ0v) is 16.4. The summed E-state index contributed by atoms with van der Waals surface area (Å²) in [4.78, 5) is 25.1. The quantitative estimate of drug-likeness (QED) is 0.772. The van der Waals surface area contributed by atoms with E-state index in [1.165, 1.54) is 0 Å². The second kappa shape index (κ2) is 8.74. The first-order chi connectivity index (χ1) is 13.4. The van der Waals surface area contributed by atoms with E-state index in [1.807, 2.05) is 61.5 Å². The molecule has 0 fully saturated rings. The highest BCUT2D eigenvalue weighted by molar-refractivity contribution is 5.99. The number of hydrogen-bond donors (Lipinski definition) is 1. The lowest BCUT2D eigenvalue weighted by Crippen LogP contribution is -2.34. The van der Waals surface area contributed by atoms with Crippen LogP contribution >= 0.6 is 0 Å².